The number of nitriles is 1. The lowest BCUT2D eigenvalue weighted by molar-refractivity contribution is 0.0275. The molecule has 0 saturated heterocycles. The average molecular weight is 262 g/mol. The fourth-order valence-corrected chi connectivity index (χ4v) is 2.13. The minimum atomic E-state index is -0.569. The Morgan fingerprint density at radius 1 is 1.21 bits per heavy atom. The molecule has 0 spiro atoms. The monoisotopic (exact) mass is 262 g/mol. The van der Waals surface area contributed by atoms with Crippen LogP contribution in [-0.2, 0) is 4.65 Å². The highest BCUT2D eigenvalue weighted by Gasteiger charge is 2.39. The quantitative estimate of drug-likeness (QED) is 0.522. The molecule has 0 aromatic rings. The molecule has 0 amide bonds. The van der Waals surface area contributed by atoms with Gasteiger partial charge in [-0.2, -0.15) is 0 Å². The van der Waals surface area contributed by atoms with Crippen molar-refractivity contribution in [3.8, 4) is 18.3 Å². The van der Waals surface area contributed by atoms with Crippen LogP contribution in [0.3, 0.4) is 0 Å². The van der Waals surface area contributed by atoms with Gasteiger partial charge in [0.1, 0.15) is 0 Å². The summed E-state index contributed by atoms with van der Waals surface area (Å²) in [6.45, 7) is 14.4. The van der Waals surface area contributed by atoms with Crippen LogP contribution in [0.15, 0.2) is 0 Å². The third-order valence-corrected chi connectivity index (χ3v) is 3.63. The first-order valence-corrected chi connectivity index (χ1v) is 6.98. The molecule has 1 atom stereocenters. The first-order valence-electron chi connectivity index (χ1n) is 6.98. The molecule has 0 rings (SSSR count). The van der Waals surface area contributed by atoms with Gasteiger partial charge in [-0.1, -0.05) is 41.5 Å². The molecule has 0 aliphatic heterocycles. The Morgan fingerprint density at radius 2 is 1.68 bits per heavy atom. The van der Waals surface area contributed by atoms with E-state index >= 15 is 0 Å². The van der Waals surface area contributed by atoms with Gasteiger partial charge in [-0.25, -0.2) is 5.26 Å². The standard InChI is InChI=1S/C15H27BN2O/c1-9-10-15(8,12(2)3)19-16(11-17)18(13(4)5)14(6)7/h1,12-14H,10H2,2-8H3. The number of terminal acetylenes is 1. The molecule has 0 aromatic heterocycles. The van der Waals surface area contributed by atoms with Gasteiger partial charge in [0.2, 0.25) is 0 Å². The van der Waals surface area contributed by atoms with E-state index in [1.54, 1.807) is 0 Å². The Hall–Kier alpha value is -0.965. The molecule has 0 aliphatic carbocycles. The molecule has 0 fully saturated rings. The van der Waals surface area contributed by atoms with Gasteiger partial charge in [0, 0.05) is 6.42 Å². The van der Waals surface area contributed by atoms with Crippen LogP contribution in [0.2, 0.25) is 0 Å². The smallest absolute Gasteiger partial charge is 0.403 e. The highest BCUT2D eigenvalue weighted by Crippen LogP contribution is 2.27. The Bertz CT molecular complexity index is 346. The van der Waals surface area contributed by atoms with Crippen molar-refractivity contribution in [3.05, 3.63) is 0 Å². The molecule has 0 N–H and O–H groups in total. The summed E-state index contributed by atoms with van der Waals surface area (Å²) in [6, 6.07) is 0.485. The number of hydrogen-bond donors (Lipinski definition) is 0. The summed E-state index contributed by atoms with van der Waals surface area (Å²) in [5.74, 6) is 5.18. The van der Waals surface area contributed by atoms with Crippen molar-refractivity contribution in [1.82, 2.24) is 4.81 Å². The summed E-state index contributed by atoms with van der Waals surface area (Å²) in [7, 11) is -0.569. The van der Waals surface area contributed by atoms with Crippen molar-refractivity contribution in [1.29, 1.82) is 5.26 Å². The zero-order valence-electron chi connectivity index (χ0n) is 13.4. The summed E-state index contributed by atoms with van der Waals surface area (Å²) < 4.78 is 6.10. The fourth-order valence-electron chi connectivity index (χ4n) is 2.13. The molecule has 0 bridgehead atoms. The van der Waals surface area contributed by atoms with Crippen LogP contribution in [0.25, 0.3) is 0 Å². The zero-order valence-corrected chi connectivity index (χ0v) is 13.4. The third-order valence-electron chi connectivity index (χ3n) is 3.63. The van der Waals surface area contributed by atoms with Crippen molar-refractivity contribution >= 4 is 7.05 Å². The van der Waals surface area contributed by atoms with Crippen molar-refractivity contribution < 1.29 is 4.65 Å². The van der Waals surface area contributed by atoms with E-state index < -0.39 is 12.7 Å². The average Bonchev–Trinajstić information content (AvgIpc) is 2.27. The van der Waals surface area contributed by atoms with E-state index in [0.717, 1.165) is 0 Å². The Kier molecular flexibility index (Phi) is 7.20. The first kappa shape index (κ1) is 18.0. The maximum Gasteiger partial charge on any atom is 0.504 e. The second kappa shape index (κ2) is 7.58. The van der Waals surface area contributed by atoms with Crippen LogP contribution in [0.1, 0.15) is 54.9 Å². The number of nitrogens with zero attached hydrogens (tertiary/aromatic N) is 2. The highest BCUT2D eigenvalue weighted by atomic mass is 16.5. The van der Waals surface area contributed by atoms with E-state index in [1.165, 1.54) is 0 Å². The summed E-state index contributed by atoms with van der Waals surface area (Å²) >= 11 is 0. The van der Waals surface area contributed by atoms with E-state index in [1.807, 2.05) is 6.92 Å². The van der Waals surface area contributed by atoms with Gasteiger partial charge in [-0.05, 0) is 24.9 Å². The molecule has 4 heteroatoms. The van der Waals surface area contributed by atoms with Crippen molar-refractivity contribution in [3.63, 3.8) is 0 Å². The lowest BCUT2D eigenvalue weighted by Crippen LogP contribution is -2.54. The minimum Gasteiger partial charge on any atom is -0.403 e. The second-order valence-electron chi connectivity index (χ2n) is 6.08. The van der Waals surface area contributed by atoms with Crippen molar-refractivity contribution in [2.24, 2.45) is 5.92 Å². The fraction of sp³-hybridized carbons (Fsp3) is 0.800. The first-order chi connectivity index (χ1) is 8.69. The molecule has 19 heavy (non-hydrogen) atoms. The van der Waals surface area contributed by atoms with Gasteiger partial charge in [-0.3, -0.25) is 4.81 Å². The molecule has 0 radical (unpaired) electrons. The van der Waals surface area contributed by atoms with E-state index in [4.69, 9.17) is 11.1 Å². The summed E-state index contributed by atoms with van der Waals surface area (Å²) in [6.07, 6.45) is 5.95. The maximum absolute atomic E-state index is 9.44. The third kappa shape index (κ3) is 4.90. The predicted molar refractivity (Wildman–Crippen MR) is 81.3 cm³/mol. The van der Waals surface area contributed by atoms with E-state index in [9.17, 15) is 5.26 Å². The normalized spacial score (nSPS) is 14.6. The van der Waals surface area contributed by atoms with Gasteiger partial charge >= 0.3 is 7.05 Å². The Labute approximate surface area is 119 Å². The van der Waals surface area contributed by atoms with E-state index in [2.05, 4.69) is 58.2 Å². The van der Waals surface area contributed by atoms with Gasteiger partial charge in [0.25, 0.3) is 0 Å². The van der Waals surface area contributed by atoms with Gasteiger partial charge in [-0.15, -0.1) is 12.3 Å². The summed E-state index contributed by atoms with van der Waals surface area (Å²) in [5.41, 5.74) is -0.475. The molecule has 0 saturated carbocycles. The van der Waals surface area contributed by atoms with Gasteiger partial charge < -0.3 is 4.65 Å². The van der Waals surface area contributed by atoms with Crippen LogP contribution < -0.4 is 0 Å². The van der Waals surface area contributed by atoms with Gasteiger partial charge in [0.15, 0.2) is 0 Å². The molecular formula is C15H27BN2O. The lowest BCUT2D eigenvalue weighted by atomic mass is 9.76. The lowest BCUT2D eigenvalue weighted by Gasteiger charge is -2.39. The highest BCUT2D eigenvalue weighted by molar-refractivity contribution is 6.57. The molecule has 0 aliphatic rings. The Balaban J connectivity index is 5.18. The predicted octanol–water partition coefficient (Wildman–Crippen LogP) is 3.11. The Morgan fingerprint density at radius 3 is 1.95 bits per heavy atom. The zero-order chi connectivity index (χ0) is 15.2. The van der Waals surface area contributed by atoms with Crippen LogP contribution in [0, 0.1) is 29.5 Å². The van der Waals surface area contributed by atoms with E-state index in [-0.39, 0.29) is 18.0 Å². The molecule has 0 heterocycles. The summed E-state index contributed by atoms with van der Waals surface area (Å²) in [4.78, 5) is 2.07. The van der Waals surface area contributed by atoms with Crippen molar-refractivity contribution in [2.75, 3.05) is 0 Å². The van der Waals surface area contributed by atoms with Crippen LogP contribution in [0.4, 0.5) is 0 Å². The number of rotatable bonds is 7. The van der Waals surface area contributed by atoms with Crippen LogP contribution in [-0.4, -0.2) is 29.5 Å². The molecule has 3 nitrogen and oxygen atoms in total. The topological polar surface area (TPSA) is 36.3 Å². The molecule has 1 unspecified atom stereocenters. The minimum absolute atomic E-state index is 0.242. The second-order valence-corrected chi connectivity index (χ2v) is 6.08. The van der Waals surface area contributed by atoms with E-state index in [0.29, 0.717) is 6.42 Å². The molecule has 0 aromatic carbocycles. The largest absolute Gasteiger partial charge is 0.504 e. The van der Waals surface area contributed by atoms with Gasteiger partial charge in [0.05, 0.1) is 11.6 Å². The van der Waals surface area contributed by atoms with Crippen LogP contribution in [0.5, 0.6) is 0 Å². The van der Waals surface area contributed by atoms with Crippen LogP contribution >= 0.6 is 0 Å². The maximum atomic E-state index is 9.44. The summed E-state index contributed by atoms with van der Waals surface area (Å²) in [5, 5.41) is 9.44. The molecular weight excluding hydrogens is 235 g/mol. The van der Waals surface area contributed by atoms with Crippen molar-refractivity contribution in [2.45, 2.75) is 72.6 Å². The number of hydrogen-bond acceptors (Lipinski definition) is 3. The molecule has 106 valence electrons. The SMILES string of the molecule is C#CCC(C)(OB(C#N)N(C(C)C)C(C)C)C(C)C.